The summed E-state index contributed by atoms with van der Waals surface area (Å²) in [7, 11) is -3.97. The average molecular weight is 418 g/mol. The number of benzene rings is 1. The first-order valence-electron chi connectivity index (χ1n) is 7.07. The Bertz CT molecular complexity index is 922. The molecule has 0 bridgehead atoms. The van der Waals surface area contributed by atoms with Gasteiger partial charge in [0.2, 0.25) is 10.0 Å². The predicted molar refractivity (Wildman–Crippen MR) is 98.2 cm³/mol. The number of hydrogen-bond acceptors (Lipinski definition) is 5. The van der Waals surface area contributed by atoms with Crippen LogP contribution < -0.4 is 4.72 Å². The van der Waals surface area contributed by atoms with E-state index in [1.54, 1.807) is 29.0 Å². The van der Waals surface area contributed by atoms with E-state index in [1.165, 1.54) is 22.7 Å². The summed E-state index contributed by atoms with van der Waals surface area (Å²) >= 11 is 8.39. The third-order valence-electron chi connectivity index (χ3n) is 3.65. The fourth-order valence-corrected chi connectivity index (χ4v) is 5.17. The Morgan fingerprint density at radius 3 is 2.64 bits per heavy atom. The Balaban J connectivity index is 1.90. The first kappa shape index (κ1) is 18.5. The molecule has 2 heterocycles. The van der Waals surface area contributed by atoms with Crippen molar-refractivity contribution in [3.63, 3.8) is 0 Å². The van der Waals surface area contributed by atoms with E-state index < -0.39 is 21.4 Å². The minimum Gasteiger partial charge on any atom is -0.378 e. The van der Waals surface area contributed by atoms with Gasteiger partial charge in [0.25, 0.3) is 0 Å². The molecule has 0 spiro atoms. The molecule has 0 saturated carbocycles. The van der Waals surface area contributed by atoms with Crippen molar-refractivity contribution in [1.82, 2.24) is 4.72 Å². The molecular formula is C16H13ClFNO3S3. The zero-order valence-electron chi connectivity index (χ0n) is 12.6. The molecular weight excluding hydrogens is 405 g/mol. The van der Waals surface area contributed by atoms with Crippen LogP contribution in [0, 0.1) is 5.82 Å². The smallest absolute Gasteiger partial charge is 0.240 e. The van der Waals surface area contributed by atoms with E-state index in [-0.39, 0.29) is 16.5 Å². The number of sulfonamides is 1. The van der Waals surface area contributed by atoms with E-state index >= 15 is 0 Å². The van der Waals surface area contributed by atoms with Crippen LogP contribution in [0.4, 0.5) is 4.39 Å². The number of aliphatic hydroxyl groups is 1. The summed E-state index contributed by atoms with van der Waals surface area (Å²) < 4.78 is 40.6. The van der Waals surface area contributed by atoms with Gasteiger partial charge in [0.1, 0.15) is 11.4 Å². The van der Waals surface area contributed by atoms with Gasteiger partial charge >= 0.3 is 0 Å². The Labute approximate surface area is 157 Å². The van der Waals surface area contributed by atoms with Crippen LogP contribution in [-0.4, -0.2) is 20.1 Å². The molecule has 0 amide bonds. The van der Waals surface area contributed by atoms with E-state index in [9.17, 15) is 17.9 Å². The molecule has 0 aliphatic carbocycles. The van der Waals surface area contributed by atoms with Gasteiger partial charge in [-0.1, -0.05) is 17.7 Å². The van der Waals surface area contributed by atoms with Crippen LogP contribution in [0.3, 0.4) is 0 Å². The molecule has 0 saturated heterocycles. The Hall–Kier alpha value is -1.29. The molecule has 0 fully saturated rings. The fraction of sp³-hybridized carbons (Fsp3) is 0.125. The predicted octanol–water partition coefficient (Wildman–Crippen LogP) is 3.82. The van der Waals surface area contributed by atoms with E-state index in [0.29, 0.717) is 10.4 Å². The van der Waals surface area contributed by atoms with Crippen molar-refractivity contribution >= 4 is 44.3 Å². The maximum Gasteiger partial charge on any atom is 0.240 e. The fourth-order valence-electron chi connectivity index (χ4n) is 2.27. The number of rotatable bonds is 6. The molecule has 0 radical (unpaired) electrons. The average Bonchev–Trinajstić information content (AvgIpc) is 3.29. The maximum absolute atomic E-state index is 13.2. The first-order valence-corrected chi connectivity index (χ1v) is 10.7. The molecule has 4 nitrogen and oxygen atoms in total. The van der Waals surface area contributed by atoms with Gasteiger partial charge in [-0.25, -0.2) is 17.5 Å². The zero-order valence-corrected chi connectivity index (χ0v) is 15.9. The van der Waals surface area contributed by atoms with Crippen LogP contribution in [0.2, 0.25) is 5.02 Å². The molecule has 9 heteroatoms. The normalized spacial score (nSPS) is 14.4. The quantitative estimate of drug-likeness (QED) is 0.640. The van der Waals surface area contributed by atoms with Crippen molar-refractivity contribution in [2.45, 2.75) is 10.5 Å². The number of hydrogen-bond donors (Lipinski definition) is 2. The highest BCUT2D eigenvalue weighted by Crippen LogP contribution is 2.34. The van der Waals surface area contributed by atoms with Crippen LogP contribution in [0.15, 0.2) is 57.4 Å². The molecule has 1 aromatic carbocycles. The summed E-state index contributed by atoms with van der Waals surface area (Å²) in [6.45, 7) is -0.262. The van der Waals surface area contributed by atoms with Crippen LogP contribution in [-0.2, 0) is 15.6 Å². The molecule has 2 N–H and O–H groups in total. The van der Waals surface area contributed by atoms with Crippen molar-refractivity contribution in [2.75, 3.05) is 6.54 Å². The number of thiophene rings is 2. The second kappa shape index (κ2) is 7.14. The summed E-state index contributed by atoms with van der Waals surface area (Å²) in [5, 5.41) is 16.2. The van der Waals surface area contributed by atoms with Gasteiger partial charge in [-0.3, -0.25) is 0 Å². The van der Waals surface area contributed by atoms with E-state index in [0.717, 1.165) is 18.2 Å². The van der Waals surface area contributed by atoms with Crippen LogP contribution in [0.5, 0.6) is 0 Å². The van der Waals surface area contributed by atoms with Gasteiger partial charge in [0.05, 0.1) is 9.92 Å². The third-order valence-corrected chi connectivity index (χ3v) is 7.04. The van der Waals surface area contributed by atoms with Crippen LogP contribution >= 0.6 is 34.3 Å². The second-order valence-electron chi connectivity index (χ2n) is 5.25. The Morgan fingerprint density at radius 2 is 2.04 bits per heavy atom. The van der Waals surface area contributed by atoms with E-state index in [2.05, 4.69) is 4.72 Å². The number of halogens is 2. The van der Waals surface area contributed by atoms with Crippen molar-refractivity contribution in [1.29, 1.82) is 0 Å². The van der Waals surface area contributed by atoms with E-state index in [1.807, 2.05) is 5.38 Å². The van der Waals surface area contributed by atoms with Crippen molar-refractivity contribution in [3.05, 3.63) is 73.8 Å². The van der Waals surface area contributed by atoms with Gasteiger partial charge in [-0.2, -0.15) is 11.3 Å². The standard InChI is InChI=1S/C16H13ClFNO3S3/c17-13-8-12(3-4-14(13)18)25(21,22)19-10-16(20,11-5-7-23-9-11)15-2-1-6-24-15/h1-9,19-20H,10H2. The lowest BCUT2D eigenvalue weighted by Crippen LogP contribution is -2.40. The zero-order chi connectivity index (χ0) is 18.1. The minimum absolute atomic E-state index is 0.169. The molecule has 0 aliphatic heterocycles. The van der Waals surface area contributed by atoms with Gasteiger partial charge in [0, 0.05) is 17.0 Å². The molecule has 3 rings (SSSR count). The highest BCUT2D eigenvalue weighted by Gasteiger charge is 2.34. The first-order chi connectivity index (χ1) is 11.8. The lowest BCUT2D eigenvalue weighted by molar-refractivity contribution is 0.0903. The SMILES string of the molecule is O=S(=O)(NCC(O)(c1ccsc1)c1cccs1)c1ccc(F)c(Cl)c1. The van der Waals surface area contributed by atoms with Crippen molar-refractivity contribution < 1.29 is 17.9 Å². The largest absolute Gasteiger partial charge is 0.378 e. The molecule has 25 heavy (non-hydrogen) atoms. The van der Waals surface area contributed by atoms with Crippen LogP contribution in [0.1, 0.15) is 10.4 Å². The van der Waals surface area contributed by atoms with Gasteiger partial charge < -0.3 is 5.11 Å². The summed E-state index contributed by atoms with van der Waals surface area (Å²) in [5.41, 5.74) is -0.898. The summed E-state index contributed by atoms with van der Waals surface area (Å²) in [4.78, 5) is 0.448. The van der Waals surface area contributed by atoms with Gasteiger partial charge in [-0.15, -0.1) is 11.3 Å². The minimum atomic E-state index is -3.97. The lowest BCUT2D eigenvalue weighted by atomic mass is 9.95. The highest BCUT2D eigenvalue weighted by atomic mass is 35.5. The van der Waals surface area contributed by atoms with Crippen LogP contribution in [0.25, 0.3) is 0 Å². The summed E-state index contributed by atoms with van der Waals surface area (Å²) in [6.07, 6.45) is 0. The summed E-state index contributed by atoms with van der Waals surface area (Å²) in [6, 6.07) is 8.41. The highest BCUT2D eigenvalue weighted by molar-refractivity contribution is 7.89. The molecule has 0 aliphatic rings. The Kier molecular flexibility index (Phi) is 5.29. The monoisotopic (exact) mass is 417 g/mol. The molecule has 1 atom stereocenters. The van der Waals surface area contributed by atoms with Gasteiger partial charge in [0.15, 0.2) is 0 Å². The molecule has 3 aromatic rings. The lowest BCUT2D eigenvalue weighted by Gasteiger charge is -2.27. The third kappa shape index (κ3) is 3.79. The second-order valence-corrected chi connectivity index (χ2v) is 9.15. The van der Waals surface area contributed by atoms with E-state index in [4.69, 9.17) is 11.6 Å². The number of nitrogens with one attached hydrogen (secondary N) is 1. The topological polar surface area (TPSA) is 66.4 Å². The summed E-state index contributed by atoms with van der Waals surface area (Å²) in [5.74, 6) is -0.700. The molecule has 132 valence electrons. The van der Waals surface area contributed by atoms with Gasteiger partial charge in [-0.05, 0) is 46.5 Å². The molecule has 1 unspecified atom stereocenters. The maximum atomic E-state index is 13.2. The van der Waals surface area contributed by atoms with Crippen molar-refractivity contribution in [2.24, 2.45) is 0 Å². The van der Waals surface area contributed by atoms with Crippen molar-refractivity contribution in [3.8, 4) is 0 Å². The molecule has 2 aromatic heterocycles. The Morgan fingerprint density at radius 1 is 1.24 bits per heavy atom.